The summed E-state index contributed by atoms with van der Waals surface area (Å²) < 4.78 is 5.37. The second-order valence-corrected chi connectivity index (χ2v) is 5.74. The van der Waals surface area contributed by atoms with Crippen molar-refractivity contribution in [2.75, 3.05) is 18.4 Å². The number of anilines is 1. The zero-order chi connectivity index (χ0) is 13.9. The number of likely N-dealkylation sites (tertiary alicyclic amines) is 1. The zero-order valence-corrected chi connectivity index (χ0v) is 11.7. The minimum Gasteiger partial charge on any atom is -0.444 e. The Morgan fingerprint density at radius 3 is 2.89 bits per heavy atom. The van der Waals surface area contributed by atoms with Gasteiger partial charge in [0, 0.05) is 25.5 Å². The van der Waals surface area contributed by atoms with Crippen LogP contribution >= 0.6 is 0 Å². The fourth-order valence-electron chi connectivity index (χ4n) is 1.92. The number of aromatic nitrogens is 1. The molecule has 2 heterocycles. The molecular weight excluding hydrogens is 242 g/mol. The van der Waals surface area contributed by atoms with Crippen LogP contribution < -0.4 is 5.32 Å². The molecule has 104 valence electrons. The minimum absolute atomic E-state index is 0.204. The van der Waals surface area contributed by atoms with Crippen molar-refractivity contribution in [2.24, 2.45) is 0 Å². The third-order valence-electron chi connectivity index (χ3n) is 2.98. The first kappa shape index (κ1) is 13.6. The van der Waals surface area contributed by atoms with Crippen LogP contribution in [0.2, 0.25) is 0 Å². The van der Waals surface area contributed by atoms with Crippen LogP contribution in [0.5, 0.6) is 0 Å². The van der Waals surface area contributed by atoms with E-state index in [2.05, 4.69) is 10.3 Å². The van der Waals surface area contributed by atoms with Gasteiger partial charge in [-0.15, -0.1) is 0 Å². The van der Waals surface area contributed by atoms with Gasteiger partial charge in [-0.05, 0) is 39.3 Å². The van der Waals surface area contributed by atoms with Crippen LogP contribution in [0, 0.1) is 0 Å². The number of carbonyl (C=O) groups is 1. The van der Waals surface area contributed by atoms with Crippen molar-refractivity contribution in [2.45, 2.75) is 38.8 Å². The van der Waals surface area contributed by atoms with Gasteiger partial charge in [-0.3, -0.25) is 4.98 Å². The molecule has 0 bridgehead atoms. The number of rotatable bonds is 3. The van der Waals surface area contributed by atoms with E-state index in [0.29, 0.717) is 0 Å². The standard InChI is InChI=1S/C14H21N3O2/c1-14(2,3)19-13(18)17-8-6-12(17)10-16-11-5-4-7-15-9-11/h4-5,7,9,12,16H,6,8,10H2,1-3H3/t12-/m0/s1. The van der Waals surface area contributed by atoms with E-state index in [1.54, 1.807) is 17.3 Å². The Labute approximate surface area is 114 Å². The third-order valence-corrected chi connectivity index (χ3v) is 2.98. The largest absolute Gasteiger partial charge is 0.444 e. The van der Waals surface area contributed by atoms with E-state index in [4.69, 9.17) is 4.74 Å². The summed E-state index contributed by atoms with van der Waals surface area (Å²) in [5.74, 6) is 0. The number of nitrogens with one attached hydrogen (secondary N) is 1. The molecule has 2 rings (SSSR count). The fraction of sp³-hybridized carbons (Fsp3) is 0.571. The summed E-state index contributed by atoms with van der Waals surface area (Å²) in [6, 6.07) is 4.05. The normalized spacial score (nSPS) is 18.7. The topological polar surface area (TPSA) is 54.5 Å². The molecule has 1 amide bonds. The summed E-state index contributed by atoms with van der Waals surface area (Å²) in [5, 5.41) is 3.28. The lowest BCUT2D eigenvalue weighted by Gasteiger charge is -2.41. The third kappa shape index (κ3) is 3.84. The molecule has 1 aliphatic rings. The van der Waals surface area contributed by atoms with Gasteiger partial charge in [-0.1, -0.05) is 0 Å². The highest BCUT2D eigenvalue weighted by Crippen LogP contribution is 2.21. The van der Waals surface area contributed by atoms with Gasteiger partial charge in [0.05, 0.1) is 11.7 Å². The average Bonchev–Trinajstić information content (AvgIpc) is 2.26. The van der Waals surface area contributed by atoms with E-state index in [1.165, 1.54) is 0 Å². The maximum atomic E-state index is 11.9. The Morgan fingerprint density at radius 1 is 1.58 bits per heavy atom. The lowest BCUT2D eigenvalue weighted by atomic mass is 10.0. The fourth-order valence-corrected chi connectivity index (χ4v) is 1.92. The van der Waals surface area contributed by atoms with Gasteiger partial charge in [0.15, 0.2) is 0 Å². The van der Waals surface area contributed by atoms with Crippen LogP contribution in [0.1, 0.15) is 27.2 Å². The molecule has 0 unspecified atom stereocenters. The minimum atomic E-state index is -0.437. The summed E-state index contributed by atoms with van der Waals surface area (Å²) in [7, 11) is 0. The molecule has 1 aromatic heterocycles. The highest BCUT2D eigenvalue weighted by Gasteiger charge is 2.34. The Morgan fingerprint density at radius 2 is 2.37 bits per heavy atom. The van der Waals surface area contributed by atoms with Crippen LogP contribution in [0.15, 0.2) is 24.5 Å². The van der Waals surface area contributed by atoms with E-state index in [0.717, 1.165) is 25.2 Å². The second-order valence-electron chi connectivity index (χ2n) is 5.74. The van der Waals surface area contributed by atoms with Gasteiger partial charge < -0.3 is 15.0 Å². The molecule has 5 heteroatoms. The number of hydrogen-bond donors (Lipinski definition) is 1. The predicted molar refractivity (Wildman–Crippen MR) is 74.1 cm³/mol. The van der Waals surface area contributed by atoms with Crippen molar-refractivity contribution in [1.29, 1.82) is 0 Å². The van der Waals surface area contributed by atoms with Crippen LogP contribution in [-0.2, 0) is 4.74 Å². The molecule has 1 saturated heterocycles. The van der Waals surface area contributed by atoms with E-state index in [9.17, 15) is 4.79 Å². The number of hydrogen-bond acceptors (Lipinski definition) is 4. The quantitative estimate of drug-likeness (QED) is 0.910. The van der Waals surface area contributed by atoms with Crippen LogP contribution in [0.3, 0.4) is 0 Å². The van der Waals surface area contributed by atoms with Gasteiger partial charge in [0.25, 0.3) is 0 Å². The highest BCUT2D eigenvalue weighted by molar-refractivity contribution is 5.69. The Balaban J connectivity index is 1.81. The van der Waals surface area contributed by atoms with Gasteiger partial charge in [0.2, 0.25) is 0 Å². The second kappa shape index (κ2) is 5.47. The van der Waals surface area contributed by atoms with Crippen molar-refractivity contribution < 1.29 is 9.53 Å². The molecule has 0 spiro atoms. The summed E-state index contributed by atoms with van der Waals surface area (Å²) in [6.07, 6.45) is 4.29. The van der Waals surface area contributed by atoms with Gasteiger partial charge in [-0.2, -0.15) is 0 Å². The van der Waals surface area contributed by atoms with Crippen LogP contribution in [0.25, 0.3) is 0 Å². The number of pyridine rings is 1. The molecule has 0 radical (unpaired) electrons. The Kier molecular flexibility index (Phi) is 3.93. The van der Waals surface area contributed by atoms with Crippen molar-refractivity contribution in [3.8, 4) is 0 Å². The molecule has 1 aliphatic heterocycles. The van der Waals surface area contributed by atoms with Gasteiger partial charge >= 0.3 is 6.09 Å². The summed E-state index contributed by atoms with van der Waals surface area (Å²) in [6.45, 7) is 7.15. The molecule has 19 heavy (non-hydrogen) atoms. The molecule has 0 aliphatic carbocycles. The first-order valence-electron chi connectivity index (χ1n) is 6.59. The van der Waals surface area contributed by atoms with E-state index < -0.39 is 5.60 Å². The van der Waals surface area contributed by atoms with Crippen molar-refractivity contribution in [3.05, 3.63) is 24.5 Å². The summed E-state index contributed by atoms with van der Waals surface area (Å²) in [5.41, 5.74) is 0.534. The number of carbonyl (C=O) groups excluding carboxylic acids is 1. The molecule has 5 nitrogen and oxygen atoms in total. The van der Waals surface area contributed by atoms with Crippen molar-refractivity contribution in [1.82, 2.24) is 9.88 Å². The average molecular weight is 263 g/mol. The maximum absolute atomic E-state index is 11.9. The summed E-state index contributed by atoms with van der Waals surface area (Å²) in [4.78, 5) is 17.7. The molecule has 1 N–H and O–H groups in total. The number of ether oxygens (including phenoxy) is 1. The van der Waals surface area contributed by atoms with E-state index in [-0.39, 0.29) is 12.1 Å². The predicted octanol–water partition coefficient (Wildman–Crippen LogP) is 2.50. The van der Waals surface area contributed by atoms with E-state index in [1.807, 2.05) is 32.9 Å². The number of amides is 1. The SMILES string of the molecule is CC(C)(C)OC(=O)N1CC[C@H]1CNc1cccnc1. The maximum Gasteiger partial charge on any atom is 0.410 e. The first-order valence-corrected chi connectivity index (χ1v) is 6.59. The van der Waals surface area contributed by atoms with Gasteiger partial charge in [-0.25, -0.2) is 4.79 Å². The van der Waals surface area contributed by atoms with E-state index >= 15 is 0 Å². The van der Waals surface area contributed by atoms with Gasteiger partial charge in [0.1, 0.15) is 5.60 Å². The van der Waals surface area contributed by atoms with Crippen LogP contribution in [-0.4, -0.2) is 40.7 Å². The smallest absolute Gasteiger partial charge is 0.410 e. The zero-order valence-electron chi connectivity index (χ0n) is 11.7. The lowest BCUT2D eigenvalue weighted by Crippen LogP contribution is -2.55. The molecule has 1 aromatic rings. The summed E-state index contributed by atoms with van der Waals surface area (Å²) >= 11 is 0. The molecule has 1 fully saturated rings. The first-order chi connectivity index (χ1) is 8.96. The highest BCUT2D eigenvalue weighted by atomic mass is 16.6. The van der Waals surface area contributed by atoms with Crippen molar-refractivity contribution >= 4 is 11.8 Å². The van der Waals surface area contributed by atoms with Crippen molar-refractivity contribution in [3.63, 3.8) is 0 Å². The molecule has 0 aromatic carbocycles. The molecular formula is C14H21N3O2. The monoisotopic (exact) mass is 263 g/mol. The Bertz CT molecular complexity index is 428. The molecule has 0 saturated carbocycles. The van der Waals surface area contributed by atoms with Crippen LogP contribution in [0.4, 0.5) is 10.5 Å². The molecule has 1 atom stereocenters. The lowest BCUT2D eigenvalue weighted by molar-refractivity contribution is -0.00274. The Hall–Kier alpha value is -1.78. The number of nitrogens with zero attached hydrogens (tertiary/aromatic N) is 2.